The van der Waals surface area contributed by atoms with E-state index in [9.17, 15) is 9.00 Å². The van der Waals surface area contributed by atoms with Gasteiger partial charge < -0.3 is 10.4 Å². The third kappa shape index (κ3) is 3.99. The van der Waals surface area contributed by atoms with Crippen LogP contribution < -0.4 is 5.32 Å². The van der Waals surface area contributed by atoms with Crippen LogP contribution in [0, 0.1) is 0 Å². The van der Waals surface area contributed by atoms with Crippen LogP contribution in [0.5, 0.6) is 0 Å². The summed E-state index contributed by atoms with van der Waals surface area (Å²) in [6.07, 6.45) is 1.66. The predicted octanol–water partition coefficient (Wildman–Crippen LogP) is 0.698. The van der Waals surface area contributed by atoms with Gasteiger partial charge >= 0.3 is 5.97 Å². The van der Waals surface area contributed by atoms with Crippen LogP contribution in [0.2, 0.25) is 0 Å². The monoisotopic (exact) mass is 262 g/mol. The highest BCUT2D eigenvalue weighted by Crippen LogP contribution is 2.09. The minimum Gasteiger partial charge on any atom is -0.476 e. The molecule has 1 aromatic heterocycles. The molecule has 0 aromatic carbocycles. The zero-order valence-corrected chi connectivity index (χ0v) is 10.7. The molecule has 1 aromatic rings. The second-order valence-electron chi connectivity index (χ2n) is 3.39. The summed E-state index contributed by atoms with van der Waals surface area (Å²) in [5, 5.41) is 13.7. The fourth-order valence-corrected chi connectivity index (χ4v) is 2.01. The van der Waals surface area contributed by atoms with Crippen LogP contribution in [-0.4, -0.2) is 38.3 Å². The summed E-state index contributed by atoms with van der Waals surface area (Å²) in [4.78, 5) is 14.5. The van der Waals surface area contributed by atoms with Crippen molar-refractivity contribution < 1.29 is 14.1 Å². The zero-order valence-electron chi connectivity index (χ0n) is 9.10. The molecule has 16 heavy (non-hydrogen) atoms. The number of hydrogen-bond donors (Lipinski definition) is 2. The van der Waals surface area contributed by atoms with Gasteiger partial charge in [0.1, 0.15) is 0 Å². The highest BCUT2D eigenvalue weighted by molar-refractivity contribution is 7.84. The molecule has 0 aliphatic carbocycles. The van der Waals surface area contributed by atoms with Gasteiger partial charge in [0.15, 0.2) is 0 Å². The number of hydrogen-bond acceptors (Lipinski definition) is 5. The van der Waals surface area contributed by atoms with E-state index >= 15 is 0 Å². The number of carboxylic acids is 1. The smallest absolute Gasteiger partial charge is 0.365 e. The van der Waals surface area contributed by atoms with Gasteiger partial charge in [-0.15, -0.1) is 11.3 Å². The first kappa shape index (κ1) is 13.3. The SMILES string of the molecule is CC(CNCc1csc(C(=O)O)n1)S(C)=O. The maximum absolute atomic E-state index is 11.1. The Bertz CT molecular complexity index is 392. The van der Waals surface area contributed by atoms with Crippen LogP contribution in [0.3, 0.4) is 0 Å². The lowest BCUT2D eigenvalue weighted by molar-refractivity contribution is 0.0696. The molecule has 2 atom stereocenters. The number of thiazole rings is 1. The van der Waals surface area contributed by atoms with Gasteiger partial charge in [-0.1, -0.05) is 0 Å². The summed E-state index contributed by atoms with van der Waals surface area (Å²) in [5.74, 6) is -1.00. The molecule has 1 rings (SSSR count). The standard InChI is InChI=1S/C9H14N2O3S2/c1-6(16(2)14)3-10-4-7-5-15-8(11-7)9(12)13/h5-6,10H,3-4H2,1-2H3,(H,12,13). The maximum Gasteiger partial charge on any atom is 0.365 e. The van der Waals surface area contributed by atoms with Gasteiger partial charge in [-0.2, -0.15) is 0 Å². The molecule has 0 saturated carbocycles. The third-order valence-corrected chi connectivity index (χ3v) is 4.22. The van der Waals surface area contributed by atoms with Gasteiger partial charge in [0.2, 0.25) is 5.01 Å². The molecule has 2 unspecified atom stereocenters. The van der Waals surface area contributed by atoms with Crippen molar-refractivity contribution in [3.63, 3.8) is 0 Å². The summed E-state index contributed by atoms with van der Waals surface area (Å²) in [5.41, 5.74) is 0.705. The van der Waals surface area contributed by atoms with E-state index in [-0.39, 0.29) is 10.3 Å². The number of nitrogens with one attached hydrogen (secondary N) is 1. The Morgan fingerprint density at radius 1 is 1.75 bits per heavy atom. The molecule has 5 nitrogen and oxygen atoms in total. The molecule has 0 spiro atoms. The first-order valence-electron chi connectivity index (χ1n) is 4.71. The van der Waals surface area contributed by atoms with Crippen molar-refractivity contribution in [1.82, 2.24) is 10.3 Å². The summed E-state index contributed by atoms with van der Waals surface area (Å²) < 4.78 is 11.1. The van der Waals surface area contributed by atoms with E-state index in [1.807, 2.05) is 6.92 Å². The quantitative estimate of drug-likeness (QED) is 0.789. The van der Waals surface area contributed by atoms with E-state index in [1.165, 1.54) is 0 Å². The number of nitrogens with zero attached hydrogens (tertiary/aromatic N) is 1. The Morgan fingerprint density at radius 3 is 2.94 bits per heavy atom. The molecule has 1 heterocycles. The van der Waals surface area contributed by atoms with Crippen molar-refractivity contribution >= 4 is 28.1 Å². The highest BCUT2D eigenvalue weighted by atomic mass is 32.2. The van der Waals surface area contributed by atoms with E-state index in [4.69, 9.17) is 5.11 Å². The molecule has 0 bridgehead atoms. The van der Waals surface area contributed by atoms with Crippen LogP contribution in [0.25, 0.3) is 0 Å². The Morgan fingerprint density at radius 2 is 2.44 bits per heavy atom. The Kier molecular flexibility index (Phi) is 5.04. The lowest BCUT2D eigenvalue weighted by atomic mass is 10.4. The largest absolute Gasteiger partial charge is 0.476 e. The first-order chi connectivity index (χ1) is 7.50. The average molecular weight is 262 g/mol. The molecule has 0 amide bonds. The van der Waals surface area contributed by atoms with E-state index in [0.29, 0.717) is 18.8 Å². The van der Waals surface area contributed by atoms with Gasteiger partial charge in [0.25, 0.3) is 0 Å². The number of rotatable bonds is 6. The van der Waals surface area contributed by atoms with Crippen LogP contribution in [0.4, 0.5) is 0 Å². The molecule has 0 aliphatic rings. The van der Waals surface area contributed by atoms with Crippen molar-refractivity contribution in [3.05, 3.63) is 16.1 Å². The van der Waals surface area contributed by atoms with E-state index in [1.54, 1.807) is 11.6 Å². The number of carbonyl (C=O) groups is 1. The van der Waals surface area contributed by atoms with E-state index in [2.05, 4.69) is 10.3 Å². The van der Waals surface area contributed by atoms with E-state index in [0.717, 1.165) is 11.3 Å². The summed E-state index contributed by atoms with van der Waals surface area (Å²) >= 11 is 1.11. The summed E-state index contributed by atoms with van der Waals surface area (Å²) in [6, 6.07) is 0. The Balaban J connectivity index is 2.37. The zero-order chi connectivity index (χ0) is 12.1. The second-order valence-corrected chi connectivity index (χ2v) is 6.05. The number of carboxylic acid groups (broad SMARTS) is 1. The Labute approximate surface area is 100 Å². The van der Waals surface area contributed by atoms with Crippen molar-refractivity contribution in [2.24, 2.45) is 0 Å². The highest BCUT2D eigenvalue weighted by Gasteiger charge is 2.09. The van der Waals surface area contributed by atoms with Gasteiger partial charge in [0.05, 0.1) is 5.69 Å². The molecular weight excluding hydrogens is 248 g/mol. The molecular formula is C9H14N2O3S2. The van der Waals surface area contributed by atoms with Crippen LogP contribution in [0.15, 0.2) is 5.38 Å². The maximum atomic E-state index is 11.1. The van der Waals surface area contributed by atoms with Gasteiger partial charge in [-0.05, 0) is 6.92 Å². The van der Waals surface area contributed by atoms with E-state index < -0.39 is 16.8 Å². The fraction of sp³-hybridized carbons (Fsp3) is 0.556. The fourth-order valence-electron chi connectivity index (χ4n) is 1.01. The average Bonchev–Trinajstić information content (AvgIpc) is 2.66. The minimum absolute atomic E-state index is 0.0811. The van der Waals surface area contributed by atoms with Crippen LogP contribution in [0.1, 0.15) is 22.4 Å². The minimum atomic E-state index is -1.00. The molecule has 2 N–H and O–H groups in total. The predicted molar refractivity (Wildman–Crippen MR) is 64.3 cm³/mol. The third-order valence-electron chi connectivity index (χ3n) is 2.04. The summed E-state index contributed by atoms with van der Waals surface area (Å²) in [7, 11) is -0.845. The van der Waals surface area contributed by atoms with Gasteiger partial charge in [-0.3, -0.25) is 4.21 Å². The lowest BCUT2D eigenvalue weighted by Crippen LogP contribution is -2.27. The summed E-state index contributed by atoms with van der Waals surface area (Å²) in [6.45, 7) is 3.03. The van der Waals surface area contributed by atoms with Crippen molar-refractivity contribution in [2.45, 2.75) is 18.7 Å². The molecule has 7 heteroatoms. The van der Waals surface area contributed by atoms with Gasteiger partial charge in [0, 0.05) is 40.8 Å². The van der Waals surface area contributed by atoms with Crippen molar-refractivity contribution in [1.29, 1.82) is 0 Å². The normalized spacial score (nSPS) is 14.6. The molecule has 0 aliphatic heterocycles. The molecule has 0 saturated heterocycles. The topological polar surface area (TPSA) is 79.3 Å². The van der Waals surface area contributed by atoms with Crippen LogP contribution >= 0.6 is 11.3 Å². The Hall–Kier alpha value is -0.790. The molecule has 90 valence electrons. The molecule has 0 fully saturated rings. The van der Waals surface area contributed by atoms with Crippen molar-refractivity contribution in [2.75, 3.05) is 12.8 Å². The van der Waals surface area contributed by atoms with Crippen molar-refractivity contribution in [3.8, 4) is 0 Å². The molecule has 0 radical (unpaired) electrons. The number of aromatic nitrogens is 1. The lowest BCUT2D eigenvalue weighted by Gasteiger charge is -2.08. The number of aromatic carboxylic acids is 1. The van der Waals surface area contributed by atoms with Gasteiger partial charge in [-0.25, -0.2) is 9.78 Å². The first-order valence-corrected chi connectivity index (χ1v) is 7.21. The second kappa shape index (κ2) is 6.07. The van der Waals surface area contributed by atoms with Crippen LogP contribution in [-0.2, 0) is 17.3 Å².